The van der Waals surface area contributed by atoms with Crippen LogP contribution in [0.5, 0.6) is 0 Å². The van der Waals surface area contributed by atoms with Gasteiger partial charge in [-0.05, 0) is 0 Å². The van der Waals surface area contributed by atoms with Crippen molar-refractivity contribution < 1.29 is 109 Å². The molecule has 0 aromatic carbocycles. The molecule has 0 bridgehead atoms. The third-order valence-electron chi connectivity index (χ3n) is 0. The molecule has 0 radical (unpaired) electrons. The van der Waals surface area contributed by atoms with Crippen molar-refractivity contribution in [2.24, 2.45) is 0 Å². The third-order valence-corrected chi connectivity index (χ3v) is 0. The molecular formula is CH2BNa3O4. The van der Waals surface area contributed by atoms with Crippen LogP contribution in [0.25, 0.3) is 0 Å². The topological polar surface area (TPSA) is 86.2 Å². The molecule has 0 fully saturated rings. The molecule has 0 saturated heterocycles. The molecule has 0 spiro atoms. The molecule has 4 nitrogen and oxygen atoms in total. The summed E-state index contributed by atoms with van der Waals surface area (Å²) in [4.78, 5) is 8.00. The Morgan fingerprint density at radius 2 is 0.889 bits per heavy atom. The van der Waals surface area contributed by atoms with Gasteiger partial charge in [-0.25, -0.2) is 0 Å². The summed E-state index contributed by atoms with van der Waals surface area (Å²) >= 11 is 0. The fraction of sp³-hybridized carbons (Fsp3) is 0. The fourth-order valence-electron chi connectivity index (χ4n) is 0. The van der Waals surface area contributed by atoms with E-state index in [1.807, 2.05) is 6.79 Å². The van der Waals surface area contributed by atoms with Gasteiger partial charge in [0.15, 0.2) is 0 Å². The molecule has 0 rings (SSSR count). The van der Waals surface area contributed by atoms with Gasteiger partial charge in [0.2, 0.25) is 0 Å². The van der Waals surface area contributed by atoms with Gasteiger partial charge in [-0.3, -0.25) is 7.32 Å². The summed E-state index contributed by atoms with van der Waals surface area (Å²) in [5.74, 6) is 0. The van der Waals surface area contributed by atoms with Crippen molar-refractivity contribution in [1.82, 2.24) is 0 Å². The quantitative estimate of drug-likeness (QED) is 0.327. The third kappa shape index (κ3) is 115. The van der Waals surface area contributed by atoms with E-state index in [9.17, 15) is 0 Å². The zero-order chi connectivity index (χ0) is 5.58. The first kappa shape index (κ1) is 29.9. The molecule has 0 aliphatic heterocycles. The first-order chi connectivity index (χ1) is 2.73. The predicted molar refractivity (Wildman–Crippen MR) is 12.9 cm³/mol. The molecule has 0 saturated carbocycles. The van der Waals surface area contributed by atoms with Crippen LogP contribution < -0.4 is 104 Å². The molecule has 0 N–H and O–H groups in total. The molecule has 0 aromatic heterocycles. The van der Waals surface area contributed by atoms with Gasteiger partial charge in [-0.2, -0.15) is 0 Å². The molecule has 9 heavy (non-hydrogen) atoms. The second kappa shape index (κ2) is 31.1. The molecular weight excluding hydrogens is 156 g/mol. The molecule has 0 aliphatic rings. The summed E-state index contributed by atoms with van der Waals surface area (Å²) < 4.78 is 0. The van der Waals surface area contributed by atoms with Crippen LogP contribution in [-0.4, -0.2) is 14.1 Å². The Morgan fingerprint density at radius 1 is 0.889 bits per heavy atom. The molecule has 0 amide bonds. The Labute approximate surface area is 120 Å². The molecule has 8 heteroatoms. The van der Waals surface area contributed by atoms with E-state index < -0.39 is 7.32 Å². The van der Waals surface area contributed by atoms with Crippen molar-refractivity contribution in [3.8, 4) is 0 Å². The van der Waals surface area contributed by atoms with Gasteiger partial charge < -0.3 is 19.9 Å². The normalized spacial score (nSPS) is 3.44. The number of hydrogen-bond donors (Lipinski definition) is 0. The van der Waals surface area contributed by atoms with Crippen molar-refractivity contribution >= 4 is 14.1 Å². The zero-order valence-corrected chi connectivity index (χ0v) is 11.9. The summed E-state index contributed by atoms with van der Waals surface area (Å²) in [7, 11) is -2.92. The van der Waals surface area contributed by atoms with Crippen LogP contribution in [0.15, 0.2) is 0 Å². The fourth-order valence-corrected chi connectivity index (χ4v) is 0. The Morgan fingerprint density at radius 3 is 0.889 bits per heavy atom. The van der Waals surface area contributed by atoms with E-state index in [2.05, 4.69) is 0 Å². The van der Waals surface area contributed by atoms with Crippen LogP contribution in [0.2, 0.25) is 0 Å². The van der Waals surface area contributed by atoms with Crippen LogP contribution in [0.4, 0.5) is 0 Å². The van der Waals surface area contributed by atoms with Gasteiger partial charge in [0.05, 0.1) is 0 Å². The van der Waals surface area contributed by atoms with Crippen molar-refractivity contribution in [2.45, 2.75) is 0 Å². The standard InChI is InChI=1S/CH2O.BO3.3Na/c1-2;2-1(3)4;;;/h1H2;;;;/q;-3;3*+1. The minimum absolute atomic E-state index is 0. The smallest absolute Gasteiger partial charge is 0.907 e. The average molecular weight is 158 g/mol. The van der Waals surface area contributed by atoms with Crippen molar-refractivity contribution in [3.05, 3.63) is 0 Å². The minimum atomic E-state index is -2.92. The summed E-state index contributed by atoms with van der Waals surface area (Å²) in [5.41, 5.74) is 0. The van der Waals surface area contributed by atoms with E-state index in [-0.39, 0.29) is 88.7 Å². The van der Waals surface area contributed by atoms with Gasteiger partial charge in [0.1, 0.15) is 6.79 Å². The minimum Gasteiger partial charge on any atom is -0.907 e. The zero-order valence-electron chi connectivity index (χ0n) is 5.92. The summed E-state index contributed by atoms with van der Waals surface area (Å²) in [6.07, 6.45) is 0. The van der Waals surface area contributed by atoms with E-state index >= 15 is 0 Å². The second-order valence-electron chi connectivity index (χ2n) is 0.289. The first-order valence-corrected chi connectivity index (χ1v) is 0.996. The molecule has 0 aliphatic carbocycles. The Bertz CT molecular complexity index is 27.0. The van der Waals surface area contributed by atoms with Gasteiger partial charge in [0, 0.05) is 0 Å². The second-order valence-corrected chi connectivity index (χ2v) is 0.289. The summed E-state index contributed by atoms with van der Waals surface area (Å²) in [5, 5.41) is 25.2. The molecule has 0 aromatic rings. The Kier molecular flexibility index (Phi) is 103. The van der Waals surface area contributed by atoms with Crippen molar-refractivity contribution in [3.63, 3.8) is 0 Å². The monoisotopic (exact) mass is 158 g/mol. The van der Waals surface area contributed by atoms with Gasteiger partial charge in [-0.1, -0.05) is 0 Å². The van der Waals surface area contributed by atoms with Crippen LogP contribution in [0.1, 0.15) is 0 Å². The van der Waals surface area contributed by atoms with E-state index in [4.69, 9.17) is 19.9 Å². The summed E-state index contributed by atoms with van der Waals surface area (Å²) in [6, 6.07) is 0. The van der Waals surface area contributed by atoms with E-state index in [0.29, 0.717) is 0 Å². The van der Waals surface area contributed by atoms with Crippen LogP contribution in [-0.2, 0) is 4.79 Å². The Balaban J connectivity index is -0.00000000990. The maximum absolute atomic E-state index is 8.42. The maximum Gasteiger partial charge on any atom is 1.00 e. The SMILES string of the molecule is C=O.[Na+].[Na+].[Na+].[O-]B([O-])[O-]. The van der Waals surface area contributed by atoms with Gasteiger partial charge in [0.25, 0.3) is 0 Å². The maximum atomic E-state index is 8.42. The number of carbonyl (C=O) groups is 1. The van der Waals surface area contributed by atoms with E-state index in [1.54, 1.807) is 0 Å². The number of carbonyl (C=O) groups excluding carboxylic acids is 1. The van der Waals surface area contributed by atoms with Crippen LogP contribution in [0, 0.1) is 0 Å². The van der Waals surface area contributed by atoms with Crippen molar-refractivity contribution in [2.75, 3.05) is 0 Å². The molecule has 0 heterocycles. The van der Waals surface area contributed by atoms with Crippen LogP contribution in [0.3, 0.4) is 0 Å². The Hall–Kier alpha value is 2.61. The largest absolute Gasteiger partial charge is 1.00 e. The molecule has 0 unspecified atom stereocenters. The predicted octanol–water partition coefficient (Wildman–Crippen LogP) is -13.1. The van der Waals surface area contributed by atoms with Gasteiger partial charge in [-0.15, -0.1) is 0 Å². The van der Waals surface area contributed by atoms with E-state index in [0.717, 1.165) is 0 Å². The van der Waals surface area contributed by atoms with Crippen molar-refractivity contribution in [1.29, 1.82) is 0 Å². The average Bonchev–Trinajstić information content (AvgIpc) is 1.41. The van der Waals surface area contributed by atoms with Crippen LogP contribution >= 0.6 is 0 Å². The van der Waals surface area contributed by atoms with E-state index in [1.165, 1.54) is 0 Å². The number of hydrogen-bond acceptors (Lipinski definition) is 4. The molecule has 36 valence electrons. The first-order valence-electron chi connectivity index (χ1n) is 0.996. The molecule has 0 atom stereocenters. The number of rotatable bonds is 0. The summed E-state index contributed by atoms with van der Waals surface area (Å²) in [6.45, 7) is 2.00. The van der Waals surface area contributed by atoms with Gasteiger partial charge >= 0.3 is 88.7 Å².